The van der Waals surface area contributed by atoms with E-state index in [1.807, 2.05) is 23.6 Å². The molecule has 0 aliphatic heterocycles. The predicted octanol–water partition coefficient (Wildman–Crippen LogP) is 3.95. The third-order valence-electron chi connectivity index (χ3n) is 2.28. The lowest BCUT2D eigenvalue weighted by Crippen LogP contribution is -2.13. The van der Waals surface area contributed by atoms with Crippen molar-refractivity contribution in [3.8, 4) is 6.07 Å². The van der Waals surface area contributed by atoms with E-state index in [0.29, 0.717) is 10.7 Å². The van der Waals surface area contributed by atoms with Crippen LogP contribution >= 0.6 is 22.9 Å². The minimum atomic E-state index is -0.446. The number of nitrogens with one attached hydrogen (secondary N) is 1. The fourth-order valence-corrected chi connectivity index (χ4v) is 2.28. The highest BCUT2D eigenvalue weighted by Crippen LogP contribution is 2.17. The second-order valence-electron chi connectivity index (χ2n) is 3.65. The van der Waals surface area contributed by atoms with Crippen molar-refractivity contribution in [2.75, 3.05) is 5.32 Å². The fourth-order valence-electron chi connectivity index (χ4n) is 1.43. The zero-order chi connectivity index (χ0) is 13.7. The molecule has 0 atom stereocenters. The van der Waals surface area contributed by atoms with Crippen molar-refractivity contribution >= 4 is 40.6 Å². The molecule has 3 nitrogen and oxygen atoms in total. The molecule has 19 heavy (non-hydrogen) atoms. The van der Waals surface area contributed by atoms with Crippen molar-refractivity contribution < 1.29 is 4.79 Å². The van der Waals surface area contributed by atoms with Crippen LogP contribution in [0.25, 0.3) is 6.08 Å². The zero-order valence-electron chi connectivity index (χ0n) is 9.76. The van der Waals surface area contributed by atoms with Gasteiger partial charge in [-0.05, 0) is 35.7 Å². The molecule has 1 heterocycles. The number of nitrogens with zero attached hydrogens (tertiary/aromatic N) is 1. The molecular formula is C14H9ClN2OS. The standard InChI is InChI=1S/C14H9ClN2OS/c15-11-3-1-4-12(8-11)17-14(18)10(9-16)7-13-5-2-6-19-13/h1-8H,(H,17,18)/b10-7+. The summed E-state index contributed by atoms with van der Waals surface area (Å²) in [7, 11) is 0. The molecule has 0 aliphatic carbocycles. The monoisotopic (exact) mass is 288 g/mol. The van der Waals surface area contributed by atoms with Crippen LogP contribution in [0.4, 0.5) is 5.69 Å². The predicted molar refractivity (Wildman–Crippen MR) is 78.0 cm³/mol. The number of amides is 1. The molecule has 1 aromatic carbocycles. The van der Waals surface area contributed by atoms with Gasteiger partial charge < -0.3 is 5.32 Å². The summed E-state index contributed by atoms with van der Waals surface area (Å²) >= 11 is 7.29. The van der Waals surface area contributed by atoms with Gasteiger partial charge in [0.05, 0.1) is 0 Å². The van der Waals surface area contributed by atoms with Gasteiger partial charge in [-0.25, -0.2) is 0 Å². The molecule has 1 aromatic heterocycles. The van der Waals surface area contributed by atoms with Crippen LogP contribution in [0.3, 0.4) is 0 Å². The highest BCUT2D eigenvalue weighted by Gasteiger charge is 2.09. The van der Waals surface area contributed by atoms with Crippen LogP contribution in [0.1, 0.15) is 4.88 Å². The Kier molecular flexibility index (Phi) is 4.35. The number of halogens is 1. The minimum absolute atomic E-state index is 0.0578. The second kappa shape index (κ2) is 6.19. The van der Waals surface area contributed by atoms with Gasteiger partial charge in [0.1, 0.15) is 11.6 Å². The maximum Gasteiger partial charge on any atom is 0.266 e. The number of nitriles is 1. The number of benzene rings is 1. The molecule has 0 spiro atoms. The average Bonchev–Trinajstić information content (AvgIpc) is 2.88. The van der Waals surface area contributed by atoms with E-state index in [1.165, 1.54) is 11.3 Å². The summed E-state index contributed by atoms with van der Waals surface area (Å²) in [6, 6.07) is 12.4. The quantitative estimate of drug-likeness (QED) is 0.687. The first-order valence-corrected chi connectivity index (χ1v) is 6.67. The molecule has 0 unspecified atom stereocenters. The van der Waals surface area contributed by atoms with Crippen LogP contribution in [0.2, 0.25) is 5.02 Å². The first kappa shape index (κ1) is 13.3. The lowest BCUT2D eigenvalue weighted by molar-refractivity contribution is -0.112. The van der Waals surface area contributed by atoms with Crippen LogP contribution in [0.5, 0.6) is 0 Å². The van der Waals surface area contributed by atoms with Crippen molar-refractivity contribution in [2.45, 2.75) is 0 Å². The summed E-state index contributed by atoms with van der Waals surface area (Å²) < 4.78 is 0. The molecule has 0 radical (unpaired) electrons. The van der Waals surface area contributed by atoms with Gasteiger partial charge in [-0.2, -0.15) is 5.26 Å². The van der Waals surface area contributed by atoms with Crippen LogP contribution in [-0.4, -0.2) is 5.91 Å². The van der Waals surface area contributed by atoms with Gasteiger partial charge in [-0.3, -0.25) is 4.79 Å². The Morgan fingerprint density at radius 3 is 2.84 bits per heavy atom. The topological polar surface area (TPSA) is 52.9 Å². The number of rotatable bonds is 3. The molecule has 2 rings (SSSR count). The summed E-state index contributed by atoms with van der Waals surface area (Å²) in [4.78, 5) is 12.8. The third kappa shape index (κ3) is 3.68. The normalized spacial score (nSPS) is 10.8. The summed E-state index contributed by atoms with van der Waals surface area (Å²) in [5, 5.41) is 14.1. The van der Waals surface area contributed by atoms with Crippen LogP contribution < -0.4 is 5.32 Å². The number of anilines is 1. The maximum atomic E-state index is 11.9. The first-order chi connectivity index (χ1) is 9.19. The molecule has 5 heteroatoms. The van der Waals surface area contributed by atoms with Gasteiger partial charge >= 0.3 is 0 Å². The molecule has 2 aromatic rings. The fraction of sp³-hybridized carbons (Fsp3) is 0. The zero-order valence-corrected chi connectivity index (χ0v) is 11.3. The molecule has 0 saturated carbocycles. The van der Waals surface area contributed by atoms with Gasteiger partial charge in [0.2, 0.25) is 0 Å². The Hall–Kier alpha value is -2.09. The largest absolute Gasteiger partial charge is 0.321 e. The van der Waals surface area contributed by atoms with Crippen molar-refractivity contribution in [1.82, 2.24) is 0 Å². The van der Waals surface area contributed by atoms with E-state index in [4.69, 9.17) is 16.9 Å². The summed E-state index contributed by atoms with van der Waals surface area (Å²) in [6.07, 6.45) is 1.56. The number of hydrogen-bond acceptors (Lipinski definition) is 3. The molecule has 0 saturated heterocycles. The van der Waals surface area contributed by atoms with Crippen LogP contribution in [0.15, 0.2) is 47.4 Å². The van der Waals surface area contributed by atoms with Crippen molar-refractivity contribution in [3.05, 3.63) is 57.3 Å². The molecular weight excluding hydrogens is 280 g/mol. The number of carbonyl (C=O) groups excluding carboxylic acids is 1. The van der Waals surface area contributed by atoms with E-state index in [-0.39, 0.29) is 5.57 Å². The Labute approximate surface area is 119 Å². The van der Waals surface area contributed by atoms with E-state index in [9.17, 15) is 4.79 Å². The van der Waals surface area contributed by atoms with E-state index >= 15 is 0 Å². The number of hydrogen-bond donors (Lipinski definition) is 1. The molecule has 94 valence electrons. The first-order valence-electron chi connectivity index (χ1n) is 5.41. The number of carbonyl (C=O) groups is 1. The van der Waals surface area contributed by atoms with Crippen molar-refractivity contribution in [1.29, 1.82) is 5.26 Å². The average molecular weight is 289 g/mol. The van der Waals surface area contributed by atoms with E-state index < -0.39 is 5.91 Å². The van der Waals surface area contributed by atoms with Crippen molar-refractivity contribution in [2.24, 2.45) is 0 Å². The van der Waals surface area contributed by atoms with Gasteiger partial charge in [-0.1, -0.05) is 23.7 Å². The van der Waals surface area contributed by atoms with Crippen LogP contribution in [0, 0.1) is 11.3 Å². The number of thiophene rings is 1. The van der Waals surface area contributed by atoms with E-state index in [1.54, 1.807) is 30.3 Å². The Balaban J connectivity index is 2.17. The smallest absolute Gasteiger partial charge is 0.266 e. The van der Waals surface area contributed by atoms with Crippen molar-refractivity contribution in [3.63, 3.8) is 0 Å². The summed E-state index contributed by atoms with van der Waals surface area (Å²) in [6.45, 7) is 0. The SMILES string of the molecule is N#C/C(=C\c1cccs1)C(=O)Nc1cccc(Cl)c1. The third-order valence-corrected chi connectivity index (χ3v) is 3.33. The molecule has 1 N–H and O–H groups in total. The molecule has 1 amide bonds. The molecule has 0 fully saturated rings. The summed E-state index contributed by atoms with van der Waals surface area (Å²) in [5.41, 5.74) is 0.618. The Bertz CT molecular complexity index is 656. The van der Waals surface area contributed by atoms with E-state index in [2.05, 4.69) is 5.32 Å². The Morgan fingerprint density at radius 1 is 1.37 bits per heavy atom. The highest BCUT2D eigenvalue weighted by molar-refractivity contribution is 7.10. The van der Waals surface area contributed by atoms with Gasteiger partial charge in [0, 0.05) is 15.6 Å². The van der Waals surface area contributed by atoms with Gasteiger partial charge in [0.15, 0.2) is 0 Å². The minimum Gasteiger partial charge on any atom is -0.321 e. The molecule has 0 aliphatic rings. The van der Waals surface area contributed by atoms with E-state index in [0.717, 1.165) is 4.88 Å². The van der Waals surface area contributed by atoms with Gasteiger partial charge in [-0.15, -0.1) is 11.3 Å². The van der Waals surface area contributed by atoms with Gasteiger partial charge in [0.25, 0.3) is 5.91 Å². The Morgan fingerprint density at radius 2 is 2.21 bits per heavy atom. The van der Waals surface area contributed by atoms with Crippen LogP contribution in [-0.2, 0) is 4.79 Å². The summed E-state index contributed by atoms with van der Waals surface area (Å²) in [5.74, 6) is -0.446. The molecule has 0 bridgehead atoms. The highest BCUT2D eigenvalue weighted by atomic mass is 35.5. The lowest BCUT2D eigenvalue weighted by atomic mass is 10.2. The lowest BCUT2D eigenvalue weighted by Gasteiger charge is -2.04. The maximum absolute atomic E-state index is 11.9. The second-order valence-corrected chi connectivity index (χ2v) is 5.07.